The van der Waals surface area contributed by atoms with Gasteiger partial charge >= 0.3 is 5.97 Å². The number of rotatable bonds is 7. The first-order chi connectivity index (χ1) is 9.43. The number of nitrogens with zero attached hydrogens (tertiary/aromatic N) is 3. The zero-order valence-corrected chi connectivity index (χ0v) is 12.8. The first kappa shape index (κ1) is 16.2. The topological polar surface area (TPSA) is 64.5 Å². The number of carbonyl (C=O) groups excluding carboxylic acids is 1. The monoisotopic (exact) mass is 281 g/mol. The Balaban J connectivity index is 2.88. The molecule has 6 heteroatoms. The number of carbonyl (C=O) groups is 1. The Labute approximate surface area is 120 Å². The Kier molecular flexibility index (Phi) is 6.21. The first-order valence-corrected chi connectivity index (χ1v) is 6.85. The summed E-state index contributed by atoms with van der Waals surface area (Å²) in [5.41, 5.74) is 0. The fourth-order valence-electron chi connectivity index (χ4n) is 1.65. The molecule has 1 rings (SSSR count). The van der Waals surface area contributed by atoms with Gasteiger partial charge in [0.15, 0.2) is 5.82 Å². The predicted octanol–water partition coefficient (Wildman–Crippen LogP) is 2.04. The van der Waals surface area contributed by atoms with Crippen molar-refractivity contribution in [2.45, 2.75) is 46.8 Å². The van der Waals surface area contributed by atoms with Crippen molar-refractivity contribution in [3.8, 4) is 5.88 Å². The molecule has 0 radical (unpaired) electrons. The van der Waals surface area contributed by atoms with Crippen molar-refractivity contribution in [3.05, 3.63) is 12.4 Å². The summed E-state index contributed by atoms with van der Waals surface area (Å²) in [7, 11) is 0. The third-order valence-electron chi connectivity index (χ3n) is 2.48. The van der Waals surface area contributed by atoms with E-state index < -0.39 is 0 Å². The lowest BCUT2D eigenvalue weighted by Gasteiger charge is -2.26. The summed E-state index contributed by atoms with van der Waals surface area (Å²) in [6, 6.07) is 0.100. The molecule has 0 aliphatic rings. The molecule has 1 heterocycles. The standard InChI is InChI=1S/C14H23N3O3/c1-6-19-14(18)9-17(10(2)3)12-7-15-8-13(16-12)20-11(4)5/h7-8,10-11H,6,9H2,1-5H3. The lowest BCUT2D eigenvalue weighted by Crippen LogP contribution is -2.37. The van der Waals surface area contributed by atoms with E-state index in [9.17, 15) is 4.79 Å². The van der Waals surface area contributed by atoms with E-state index in [0.29, 0.717) is 18.3 Å². The van der Waals surface area contributed by atoms with E-state index in [-0.39, 0.29) is 24.7 Å². The Morgan fingerprint density at radius 1 is 1.30 bits per heavy atom. The molecule has 0 unspecified atom stereocenters. The number of esters is 1. The maximum Gasteiger partial charge on any atom is 0.325 e. The van der Waals surface area contributed by atoms with E-state index in [0.717, 1.165) is 0 Å². The summed E-state index contributed by atoms with van der Waals surface area (Å²) < 4.78 is 10.5. The highest BCUT2D eigenvalue weighted by molar-refractivity contribution is 5.75. The molecule has 0 N–H and O–H groups in total. The number of anilines is 1. The molecule has 0 aliphatic heterocycles. The van der Waals surface area contributed by atoms with Gasteiger partial charge in [-0.05, 0) is 34.6 Å². The summed E-state index contributed by atoms with van der Waals surface area (Å²) in [5, 5.41) is 0. The van der Waals surface area contributed by atoms with Gasteiger partial charge in [-0.15, -0.1) is 0 Å². The second kappa shape index (κ2) is 7.67. The maximum atomic E-state index is 11.7. The summed E-state index contributed by atoms with van der Waals surface area (Å²) in [4.78, 5) is 22.0. The zero-order valence-electron chi connectivity index (χ0n) is 12.8. The summed E-state index contributed by atoms with van der Waals surface area (Å²) in [6.07, 6.45) is 3.20. The van der Waals surface area contributed by atoms with Crippen LogP contribution in [0.3, 0.4) is 0 Å². The van der Waals surface area contributed by atoms with Crippen LogP contribution in [0.2, 0.25) is 0 Å². The molecule has 0 atom stereocenters. The van der Waals surface area contributed by atoms with Crippen LogP contribution in [0.15, 0.2) is 12.4 Å². The van der Waals surface area contributed by atoms with Gasteiger partial charge in [0.2, 0.25) is 5.88 Å². The molecule has 0 aliphatic carbocycles. The van der Waals surface area contributed by atoms with E-state index in [1.54, 1.807) is 19.3 Å². The molecule has 20 heavy (non-hydrogen) atoms. The molecule has 1 aromatic rings. The molecule has 0 saturated carbocycles. The van der Waals surface area contributed by atoms with Crippen LogP contribution in [0.4, 0.5) is 5.82 Å². The molecular weight excluding hydrogens is 258 g/mol. The van der Waals surface area contributed by atoms with E-state index in [2.05, 4.69) is 9.97 Å². The minimum Gasteiger partial charge on any atom is -0.474 e. The number of hydrogen-bond donors (Lipinski definition) is 0. The van der Waals surface area contributed by atoms with Crippen LogP contribution < -0.4 is 9.64 Å². The van der Waals surface area contributed by atoms with E-state index in [1.165, 1.54) is 0 Å². The quantitative estimate of drug-likeness (QED) is 0.713. The third kappa shape index (κ3) is 5.03. The van der Waals surface area contributed by atoms with Gasteiger partial charge in [0.1, 0.15) is 6.54 Å². The van der Waals surface area contributed by atoms with Crippen LogP contribution in [0.1, 0.15) is 34.6 Å². The van der Waals surface area contributed by atoms with Gasteiger partial charge in [0.05, 0.1) is 25.1 Å². The highest BCUT2D eigenvalue weighted by Gasteiger charge is 2.18. The highest BCUT2D eigenvalue weighted by atomic mass is 16.5. The smallest absolute Gasteiger partial charge is 0.325 e. The Morgan fingerprint density at radius 3 is 2.55 bits per heavy atom. The maximum absolute atomic E-state index is 11.7. The van der Waals surface area contributed by atoms with Crippen LogP contribution in [0.5, 0.6) is 5.88 Å². The van der Waals surface area contributed by atoms with E-state index in [4.69, 9.17) is 9.47 Å². The Morgan fingerprint density at radius 2 is 2.00 bits per heavy atom. The molecular formula is C14H23N3O3. The van der Waals surface area contributed by atoms with Gasteiger partial charge in [-0.2, -0.15) is 4.98 Å². The zero-order chi connectivity index (χ0) is 15.1. The minimum absolute atomic E-state index is 0.0251. The van der Waals surface area contributed by atoms with Gasteiger partial charge in [-0.25, -0.2) is 0 Å². The van der Waals surface area contributed by atoms with E-state index in [1.807, 2.05) is 32.6 Å². The van der Waals surface area contributed by atoms with Crippen LogP contribution in [0, 0.1) is 0 Å². The summed E-state index contributed by atoms with van der Waals surface area (Å²) in [6.45, 7) is 10.1. The second-order valence-corrected chi connectivity index (χ2v) is 4.91. The molecule has 0 aromatic carbocycles. The molecule has 0 fully saturated rings. The molecule has 6 nitrogen and oxygen atoms in total. The number of aromatic nitrogens is 2. The second-order valence-electron chi connectivity index (χ2n) is 4.91. The molecule has 1 aromatic heterocycles. The molecule has 0 amide bonds. The van der Waals surface area contributed by atoms with Crippen LogP contribution in [-0.4, -0.2) is 41.2 Å². The van der Waals surface area contributed by atoms with Crippen molar-refractivity contribution >= 4 is 11.8 Å². The minimum atomic E-state index is -0.279. The van der Waals surface area contributed by atoms with Gasteiger partial charge in [0.25, 0.3) is 0 Å². The lowest BCUT2D eigenvalue weighted by atomic mass is 10.3. The first-order valence-electron chi connectivity index (χ1n) is 6.85. The summed E-state index contributed by atoms with van der Waals surface area (Å²) in [5.74, 6) is 0.774. The average molecular weight is 281 g/mol. The van der Waals surface area contributed by atoms with Crippen molar-refractivity contribution < 1.29 is 14.3 Å². The van der Waals surface area contributed by atoms with Crippen molar-refractivity contribution in [1.82, 2.24) is 9.97 Å². The van der Waals surface area contributed by atoms with Crippen LogP contribution in [-0.2, 0) is 9.53 Å². The molecule has 0 bridgehead atoms. The van der Waals surface area contributed by atoms with Crippen LogP contribution in [0.25, 0.3) is 0 Å². The highest BCUT2D eigenvalue weighted by Crippen LogP contribution is 2.17. The Hall–Kier alpha value is -1.85. The normalized spacial score (nSPS) is 10.8. The van der Waals surface area contributed by atoms with Crippen molar-refractivity contribution in [2.24, 2.45) is 0 Å². The van der Waals surface area contributed by atoms with Crippen molar-refractivity contribution in [1.29, 1.82) is 0 Å². The van der Waals surface area contributed by atoms with Crippen molar-refractivity contribution in [3.63, 3.8) is 0 Å². The third-order valence-corrected chi connectivity index (χ3v) is 2.48. The molecule has 0 saturated heterocycles. The van der Waals surface area contributed by atoms with Crippen molar-refractivity contribution in [2.75, 3.05) is 18.1 Å². The molecule has 0 spiro atoms. The predicted molar refractivity (Wildman–Crippen MR) is 76.9 cm³/mol. The van der Waals surface area contributed by atoms with E-state index >= 15 is 0 Å². The van der Waals surface area contributed by atoms with Gasteiger partial charge in [-0.3, -0.25) is 9.78 Å². The van der Waals surface area contributed by atoms with Gasteiger partial charge in [0, 0.05) is 6.04 Å². The van der Waals surface area contributed by atoms with Gasteiger partial charge < -0.3 is 14.4 Å². The van der Waals surface area contributed by atoms with Gasteiger partial charge in [-0.1, -0.05) is 0 Å². The lowest BCUT2D eigenvalue weighted by molar-refractivity contribution is -0.141. The Bertz CT molecular complexity index is 435. The number of ether oxygens (including phenoxy) is 2. The summed E-state index contributed by atoms with van der Waals surface area (Å²) >= 11 is 0. The average Bonchev–Trinajstić information content (AvgIpc) is 2.35. The fraction of sp³-hybridized carbons (Fsp3) is 0.643. The van der Waals surface area contributed by atoms with Crippen LogP contribution >= 0.6 is 0 Å². The SMILES string of the molecule is CCOC(=O)CN(c1cncc(OC(C)C)n1)C(C)C. The fourth-order valence-corrected chi connectivity index (χ4v) is 1.65. The molecule has 112 valence electrons. The number of hydrogen-bond acceptors (Lipinski definition) is 6. The largest absolute Gasteiger partial charge is 0.474 e.